The van der Waals surface area contributed by atoms with Gasteiger partial charge in [-0.05, 0) is 49.5 Å². The minimum Gasteiger partial charge on any atom is -0.383 e. The first-order valence-electron chi connectivity index (χ1n) is 7.21. The third kappa shape index (κ3) is 4.59. The van der Waals surface area contributed by atoms with Crippen LogP contribution in [-0.4, -0.2) is 26.3 Å². The molecule has 0 aromatic heterocycles. The average Bonchev–Trinajstić information content (AvgIpc) is 2.28. The van der Waals surface area contributed by atoms with Crippen molar-refractivity contribution in [1.82, 2.24) is 5.32 Å². The predicted molar refractivity (Wildman–Crippen MR) is 74.2 cm³/mol. The largest absolute Gasteiger partial charge is 0.383 e. The van der Waals surface area contributed by atoms with Crippen molar-refractivity contribution in [2.45, 2.75) is 59.4 Å². The molecule has 0 aliphatic heterocycles. The monoisotopic (exact) mass is 241 g/mol. The summed E-state index contributed by atoms with van der Waals surface area (Å²) in [7, 11) is 1.81. The number of likely N-dealkylation sites (N-methyl/N-ethyl adjacent to an activating group) is 1. The smallest absolute Gasteiger partial charge is 0.0618 e. The van der Waals surface area contributed by atoms with Gasteiger partial charge in [0.25, 0.3) is 0 Å². The summed E-state index contributed by atoms with van der Waals surface area (Å²) in [6.45, 7) is 11.2. The minimum absolute atomic E-state index is 0.486. The molecule has 0 spiro atoms. The summed E-state index contributed by atoms with van der Waals surface area (Å²) in [4.78, 5) is 0. The van der Waals surface area contributed by atoms with Crippen molar-refractivity contribution in [3.8, 4) is 0 Å². The summed E-state index contributed by atoms with van der Waals surface area (Å²) in [5.41, 5.74) is 0.486. The number of methoxy groups -OCH3 is 1. The van der Waals surface area contributed by atoms with Crippen LogP contribution in [0.2, 0.25) is 0 Å². The molecular weight excluding hydrogens is 210 g/mol. The maximum atomic E-state index is 5.34. The summed E-state index contributed by atoms with van der Waals surface area (Å²) in [6, 6.07) is 0.561. The van der Waals surface area contributed by atoms with E-state index in [2.05, 4.69) is 33.0 Å². The minimum atomic E-state index is 0.486. The van der Waals surface area contributed by atoms with Crippen LogP contribution in [0, 0.1) is 17.3 Å². The van der Waals surface area contributed by atoms with E-state index >= 15 is 0 Å². The maximum absolute atomic E-state index is 5.34. The molecule has 2 heteroatoms. The highest BCUT2D eigenvalue weighted by Gasteiger charge is 2.32. The van der Waals surface area contributed by atoms with Gasteiger partial charge in [-0.3, -0.25) is 0 Å². The van der Waals surface area contributed by atoms with Gasteiger partial charge in [0.2, 0.25) is 0 Å². The Morgan fingerprint density at radius 1 is 1.18 bits per heavy atom. The molecule has 1 fully saturated rings. The zero-order valence-corrected chi connectivity index (χ0v) is 12.4. The van der Waals surface area contributed by atoms with E-state index in [0.29, 0.717) is 11.5 Å². The van der Waals surface area contributed by atoms with Gasteiger partial charge >= 0.3 is 0 Å². The van der Waals surface area contributed by atoms with Crippen LogP contribution in [0.25, 0.3) is 0 Å². The number of nitrogens with one attached hydrogen (secondary N) is 1. The van der Waals surface area contributed by atoms with E-state index in [1.54, 1.807) is 0 Å². The summed E-state index contributed by atoms with van der Waals surface area (Å²) >= 11 is 0. The van der Waals surface area contributed by atoms with Gasteiger partial charge in [-0.25, -0.2) is 0 Å². The lowest BCUT2D eigenvalue weighted by Crippen LogP contribution is -2.42. The van der Waals surface area contributed by atoms with Gasteiger partial charge < -0.3 is 10.1 Å². The van der Waals surface area contributed by atoms with Crippen LogP contribution < -0.4 is 5.32 Å². The molecule has 1 aliphatic carbocycles. The highest BCUT2D eigenvalue weighted by molar-refractivity contribution is 4.85. The lowest BCUT2D eigenvalue weighted by Gasteiger charge is -2.39. The van der Waals surface area contributed by atoms with E-state index < -0.39 is 0 Å². The first-order chi connectivity index (χ1) is 7.99. The van der Waals surface area contributed by atoms with Gasteiger partial charge in [-0.1, -0.05) is 27.7 Å². The van der Waals surface area contributed by atoms with E-state index in [1.807, 2.05) is 7.11 Å². The van der Waals surface area contributed by atoms with Crippen LogP contribution in [0.4, 0.5) is 0 Å². The highest BCUT2D eigenvalue weighted by atomic mass is 16.5. The number of hydrogen-bond acceptors (Lipinski definition) is 2. The number of hydrogen-bond donors (Lipinski definition) is 1. The molecule has 0 saturated heterocycles. The van der Waals surface area contributed by atoms with E-state index in [4.69, 9.17) is 4.74 Å². The summed E-state index contributed by atoms with van der Waals surface area (Å²) in [5, 5.41) is 3.58. The standard InChI is InChI=1S/C15H31NO/c1-6-16-14(11-17-5)12-7-9-13(10-8-12)15(2,3)4/h12-14,16H,6-11H2,1-5H3. The molecule has 0 aromatic carbocycles. The molecule has 1 rings (SSSR count). The van der Waals surface area contributed by atoms with Gasteiger partial charge in [0, 0.05) is 13.2 Å². The van der Waals surface area contributed by atoms with Crippen LogP contribution in [-0.2, 0) is 4.74 Å². The number of ether oxygens (including phenoxy) is 1. The molecule has 1 unspecified atom stereocenters. The van der Waals surface area contributed by atoms with Crippen molar-refractivity contribution in [3.05, 3.63) is 0 Å². The number of rotatable bonds is 5. The van der Waals surface area contributed by atoms with Gasteiger partial charge in [-0.15, -0.1) is 0 Å². The SMILES string of the molecule is CCNC(COC)C1CCC(C(C)(C)C)CC1. The maximum Gasteiger partial charge on any atom is 0.0618 e. The second-order valence-corrected chi connectivity index (χ2v) is 6.60. The van der Waals surface area contributed by atoms with Gasteiger partial charge in [-0.2, -0.15) is 0 Å². The summed E-state index contributed by atoms with van der Waals surface area (Å²) in [6.07, 6.45) is 5.51. The van der Waals surface area contributed by atoms with Gasteiger partial charge in [0.05, 0.1) is 6.61 Å². The van der Waals surface area contributed by atoms with E-state index in [0.717, 1.165) is 25.0 Å². The third-order valence-electron chi connectivity index (χ3n) is 4.38. The molecule has 1 aliphatic rings. The summed E-state index contributed by atoms with van der Waals surface area (Å²) < 4.78 is 5.34. The van der Waals surface area contributed by atoms with Crippen molar-refractivity contribution >= 4 is 0 Å². The zero-order chi connectivity index (χ0) is 12.9. The van der Waals surface area contributed by atoms with Crippen LogP contribution >= 0.6 is 0 Å². The normalized spacial score (nSPS) is 28.1. The molecule has 0 aromatic rings. The molecule has 0 amide bonds. The Morgan fingerprint density at radius 3 is 2.18 bits per heavy atom. The first-order valence-corrected chi connectivity index (χ1v) is 7.21. The fourth-order valence-electron chi connectivity index (χ4n) is 3.19. The van der Waals surface area contributed by atoms with Crippen molar-refractivity contribution in [3.63, 3.8) is 0 Å². The van der Waals surface area contributed by atoms with Crippen molar-refractivity contribution < 1.29 is 4.74 Å². The topological polar surface area (TPSA) is 21.3 Å². The van der Waals surface area contributed by atoms with Crippen molar-refractivity contribution in [2.75, 3.05) is 20.3 Å². The van der Waals surface area contributed by atoms with E-state index in [-0.39, 0.29) is 0 Å². The third-order valence-corrected chi connectivity index (χ3v) is 4.38. The summed E-state index contributed by atoms with van der Waals surface area (Å²) in [5.74, 6) is 1.72. The van der Waals surface area contributed by atoms with E-state index in [9.17, 15) is 0 Å². The van der Waals surface area contributed by atoms with Gasteiger partial charge in [0.15, 0.2) is 0 Å². The molecule has 0 radical (unpaired) electrons. The average molecular weight is 241 g/mol. The van der Waals surface area contributed by atoms with Crippen LogP contribution in [0.3, 0.4) is 0 Å². The van der Waals surface area contributed by atoms with E-state index in [1.165, 1.54) is 25.7 Å². The second-order valence-electron chi connectivity index (χ2n) is 6.60. The molecule has 102 valence electrons. The fourth-order valence-corrected chi connectivity index (χ4v) is 3.19. The second kappa shape index (κ2) is 6.75. The van der Waals surface area contributed by atoms with Gasteiger partial charge in [0.1, 0.15) is 0 Å². The Hall–Kier alpha value is -0.0800. The Bertz CT molecular complexity index is 195. The molecule has 2 nitrogen and oxygen atoms in total. The lowest BCUT2D eigenvalue weighted by atomic mass is 9.68. The highest BCUT2D eigenvalue weighted by Crippen LogP contribution is 2.40. The molecule has 1 N–H and O–H groups in total. The van der Waals surface area contributed by atoms with Crippen molar-refractivity contribution in [2.24, 2.45) is 17.3 Å². The fraction of sp³-hybridized carbons (Fsp3) is 1.00. The Kier molecular flexibility index (Phi) is 5.94. The van der Waals surface area contributed by atoms with Crippen LogP contribution in [0.15, 0.2) is 0 Å². The molecule has 0 heterocycles. The predicted octanol–water partition coefficient (Wildman–Crippen LogP) is 3.46. The molecule has 1 saturated carbocycles. The molecule has 0 bridgehead atoms. The van der Waals surface area contributed by atoms with Crippen molar-refractivity contribution in [1.29, 1.82) is 0 Å². The first kappa shape index (κ1) is 15.0. The molecule has 1 atom stereocenters. The Morgan fingerprint density at radius 2 is 1.76 bits per heavy atom. The van der Waals surface area contributed by atoms with Crippen LogP contribution in [0.1, 0.15) is 53.4 Å². The Labute approximate surface area is 108 Å². The van der Waals surface area contributed by atoms with Crippen LogP contribution in [0.5, 0.6) is 0 Å². The molecular formula is C15H31NO. The zero-order valence-electron chi connectivity index (χ0n) is 12.4. The quantitative estimate of drug-likeness (QED) is 0.796. The Balaban J connectivity index is 2.43. The molecule has 17 heavy (non-hydrogen) atoms. The lowest BCUT2D eigenvalue weighted by molar-refractivity contribution is 0.0929.